The number of ether oxygens (including phenoxy) is 1. The van der Waals surface area contributed by atoms with Crippen LogP contribution in [0.3, 0.4) is 0 Å². The smallest absolute Gasteiger partial charge is 0.355 e. The maximum absolute atomic E-state index is 11.9. The second-order valence-corrected chi connectivity index (χ2v) is 4.32. The lowest BCUT2D eigenvalue weighted by Gasteiger charge is -2.04. The highest BCUT2D eigenvalue weighted by atomic mass is 16.5. The van der Waals surface area contributed by atoms with E-state index in [1.165, 1.54) is 13.1 Å². The third kappa shape index (κ3) is 2.91. The predicted octanol–water partition coefficient (Wildman–Crippen LogP) is 2.88. The fraction of sp³-hybridized carbons (Fsp3) is 0.200. The number of hydrogen-bond acceptors (Lipinski definition) is 3. The maximum Gasteiger partial charge on any atom is 0.355 e. The summed E-state index contributed by atoms with van der Waals surface area (Å²) in [5, 5.41) is 0. The van der Waals surface area contributed by atoms with Crippen molar-refractivity contribution in [3.05, 3.63) is 58.9 Å². The van der Waals surface area contributed by atoms with Gasteiger partial charge in [0.2, 0.25) is 0 Å². The number of aromatic amines is 1. The first-order valence-corrected chi connectivity index (χ1v) is 5.99. The second kappa shape index (κ2) is 5.52. The average molecular weight is 257 g/mol. The second-order valence-electron chi connectivity index (χ2n) is 4.32. The molecule has 98 valence electrons. The number of ketones is 1. The number of Topliss-reactive ketones (excluding diaryl/α,β-unsaturated/α-hetero) is 1. The Morgan fingerprint density at radius 2 is 1.89 bits per heavy atom. The summed E-state index contributed by atoms with van der Waals surface area (Å²) in [4.78, 5) is 26.0. The molecule has 1 heterocycles. The first kappa shape index (κ1) is 13.1. The number of benzene rings is 1. The van der Waals surface area contributed by atoms with Gasteiger partial charge in [-0.25, -0.2) is 4.79 Å². The Kier molecular flexibility index (Phi) is 3.80. The van der Waals surface area contributed by atoms with E-state index in [1.54, 1.807) is 6.92 Å². The zero-order chi connectivity index (χ0) is 13.8. The molecule has 1 N–H and O–H groups in total. The summed E-state index contributed by atoms with van der Waals surface area (Å²) in [5.41, 5.74) is 2.41. The molecular formula is C15H15NO3. The molecule has 0 fully saturated rings. The summed E-state index contributed by atoms with van der Waals surface area (Å²) in [6.07, 6.45) is 1.54. The summed E-state index contributed by atoms with van der Waals surface area (Å²) in [5.74, 6) is -0.523. The van der Waals surface area contributed by atoms with E-state index in [4.69, 9.17) is 4.74 Å². The van der Waals surface area contributed by atoms with Gasteiger partial charge >= 0.3 is 5.97 Å². The predicted molar refractivity (Wildman–Crippen MR) is 71.1 cm³/mol. The number of hydrogen-bond donors (Lipinski definition) is 1. The highest BCUT2D eigenvalue weighted by Gasteiger charge is 2.17. The van der Waals surface area contributed by atoms with Crippen LogP contribution in [0, 0.1) is 6.92 Å². The van der Waals surface area contributed by atoms with Crippen molar-refractivity contribution in [2.24, 2.45) is 0 Å². The van der Waals surface area contributed by atoms with Crippen molar-refractivity contribution in [3.8, 4) is 0 Å². The summed E-state index contributed by atoms with van der Waals surface area (Å²) < 4.78 is 5.21. The van der Waals surface area contributed by atoms with Crippen LogP contribution < -0.4 is 0 Å². The minimum atomic E-state index is -0.450. The lowest BCUT2D eigenvalue weighted by atomic mass is 10.1. The summed E-state index contributed by atoms with van der Waals surface area (Å²) in [6.45, 7) is 3.41. The van der Waals surface area contributed by atoms with Crippen LogP contribution >= 0.6 is 0 Å². The number of esters is 1. The Bertz CT molecular complexity index is 599. The van der Waals surface area contributed by atoms with Crippen molar-refractivity contribution < 1.29 is 14.3 Å². The van der Waals surface area contributed by atoms with Crippen molar-refractivity contribution in [3.63, 3.8) is 0 Å². The van der Waals surface area contributed by atoms with Gasteiger partial charge in [-0.05, 0) is 25.0 Å². The molecule has 0 saturated heterocycles. The van der Waals surface area contributed by atoms with E-state index in [0.717, 1.165) is 5.56 Å². The minimum absolute atomic E-state index is 0.0733. The molecule has 0 aliphatic carbocycles. The molecule has 0 spiro atoms. The van der Waals surface area contributed by atoms with E-state index in [9.17, 15) is 9.59 Å². The van der Waals surface area contributed by atoms with Gasteiger partial charge in [-0.15, -0.1) is 0 Å². The van der Waals surface area contributed by atoms with Crippen LogP contribution in [0.5, 0.6) is 0 Å². The van der Waals surface area contributed by atoms with Crippen LogP contribution in [0.15, 0.2) is 36.5 Å². The first-order valence-electron chi connectivity index (χ1n) is 5.99. The first-order chi connectivity index (χ1) is 9.09. The summed E-state index contributed by atoms with van der Waals surface area (Å²) >= 11 is 0. The largest absolute Gasteiger partial charge is 0.456 e. The number of rotatable bonds is 4. The molecule has 2 rings (SSSR count). The highest BCUT2D eigenvalue weighted by Crippen LogP contribution is 2.15. The zero-order valence-corrected chi connectivity index (χ0v) is 10.9. The van der Waals surface area contributed by atoms with Gasteiger partial charge in [0.25, 0.3) is 0 Å². The molecule has 0 amide bonds. The summed E-state index contributed by atoms with van der Waals surface area (Å²) in [6, 6.07) is 9.44. The topological polar surface area (TPSA) is 59.2 Å². The van der Waals surface area contributed by atoms with Crippen LogP contribution in [-0.2, 0) is 11.3 Å². The maximum atomic E-state index is 11.9. The lowest BCUT2D eigenvalue weighted by Crippen LogP contribution is -2.07. The van der Waals surface area contributed by atoms with E-state index >= 15 is 0 Å². The van der Waals surface area contributed by atoms with Crippen LogP contribution in [-0.4, -0.2) is 16.7 Å². The Morgan fingerprint density at radius 1 is 1.21 bits per heavy atom. The third-order valence-corrected chi connectivity index (χ3v) is 2.94. The van der Waals surface area contributed by atoms with E-state index in [1.807, 2.05) is 30.3 Å². The normalized spacial score (nSPS) is 10.2. The third-order valence-electron chi connectivity index (χ3n) is 2.94. The number of carbonyl (C=O) groups is 2. The Labute approximate surface area is 111 Å². The average Bonchev–Trinajstić information content (AvgIpc) is 2.79. The molecule has 0 radical (unpaired) electrons. The van der Waals surface area contributed by atoms with Gasteiger partial charge in [0.05, 0.1) is 0 Å². The van der Waals surface area contributed by atoms with Gasteiger partial charge in [-0.2, -0.15) is 0 Å². The van der Waals surface area contributed by atoms with Crippen molar-refractivity contribution in [1.29, 1.82) is 0 Å². The quantitative estimate of drug-likeness (QED) is 0.676. The monoisotopic (exact) mass is 257 g/mol. The van der Waals surface area contributed by atoms with Crippen LogP contribution in [0.2, 0.25) is 0 Å². The lowest BCUT2D eigenvalue weighted by molar-refractivity contribution is 0.0465. The molecular weight excluding hydrogens is 242 g/mol. The van der Waals surface area contributed by atoms with Gasteiger partial charge in [-0.1, -0.05) is 30.3 Å². The molecule has 0 aliphatic heterocycles. The molecule has 2 aromatic rings. The van der Waals surface area contributed by atoms with Crippen molar-refractivity contribution in [2.75, 3.05) is 0 Å². The van der Waals surface area contributed by atoms with Crippen molar-refractivity contribution in [1.82, 2.24) is 4.98 Å². The Balaban J connectivity index is 2.07. The fourth-order valence-electron chi connectivity index (χ4n) is 1.87. The molecule has 1 aromatic heterocycles. The molecule has 0 bridgehead atoms. The zero-order valence-electron chi connectivity index (χ0n) is 10.9. The number of aromatic nitrogens is 1. The Morgan fingerprint density at radius 3 is 2.47 bits per heavy atom. The van der Waals surface area contributed by atoms with Gasteiger partial charge < -0.3 is 9.72 Å². The van der Waals surface area contributed by atoms with Gasteiger partial charge in [0.1, 0.15) is 12.3 Å². The highest BCUT2D eigenvalue weighted by molar-refractivity contribution is 5.99. The van der Waals surface area contributed by atoms with E-state index in [0.29, 0.717) is 16.8 Å². The van der Waals surface area contributed by atoms with Crippen LogP contribution in [0.1, 0.15) is 38.9 Å². The van der Waals surface area contributed by atoms with Gasteiger partial charge in [-0.3, -0.25) is 4.79 Å². The molecule has 19 heavy (non-hydrogen) atoms. The molecule has 0 aliphatic rings. The molecule has 0 saturated carbocycles. The Hall–Kier alpha value is -2.36. The summed E-state index contributed by atoms with van der Waals surface area (Å²) in [7, 11) is 0. The van der Waals surface area contributed by atoms with Crippen LogP contribution in [0.4, 0.5) is 0 Å². The minimum Gasteiger partial charge on any atom is -0.456 e. The molecule has 4 heteroatoms. The number of H-pyrrole nitrogens is 1. The van der Waals surface area contributed by atoms with Gasteiger partial charge in [0, 0.05) is 11.8 Å². The van der Waals surface area contributed by atoms with E-state index < -0.39 is 5.97 Å². The fourth-order valence-corrected chi connectivity index (χ4v) is 1.87. The standard InChI is InChI=1S/C15H15NO3/c1-10-13(11(2)17)8-16-14(10)15(18)19-9-12-6-4-3-5-7-12/h3-8,16H,9H2,1-2H3. The van der Waals surface area contributed by atoms with Gasteiger partial charge in [0.15, 0.2) is 5.78 Å². The van der Waals surface area contributed by atoms with Crippen LogP contribution in [0.25, 0.3) is 0 Å². The molecule has 4 nitrogen and oxygen atoms in total. The number of nitrogens with one attached hydrogen (secondary N) is 1. The molecule has 1 aromatic carbocycles. The van der Waals surface area contributed by atoms with E-state index in [-0.39, 0.29) is 12.4 Å². The molecule has 0 unspecified atom stereocenters. The SMILES string of the molecule is CC(=O)c1c[nH]c(C(=O)OCc2ccccc2)c1C. The van der Waals surface area contributed by atoms with Crippen molar-refractivity contribution >= 4 is 11.8 Å². The number of carbonyl (C=O) groups excluding carboxylic acids is 2. The molecule has 0 atom stereocenters. The van der Waals surface area contributed by atoms with E-state index in [2.05, 4.69) is 4.98 Å². The van der Waals surface area contributed by atoms with Crippen molar-refractivity contribution in [2.45, 2.75) is 20.5 Å².